The number of ketones is 2. The number of hydrogen-bond acceptors (Lipinski definition) is 13. The second kappa shape index (κ2) is 17.1. The van der Waals surface area contributed by atoms with Gasteiger partial charge >= 0.3 is 11.8 Å². The Bertz CT molecular complexity index is 1940. The Balaban J connectivity index is 1.70. The Kier molecular flexibility index (Phi) is 13.0. The van der Waals surface area contributed by atoms with Crippen molar-refractivity contribution in [2.24, 2.45) is 28.7 Å². The number of esters is 1. The number of rotatable bonds is 4. The maximum absolute atomic E-state index is 14.6. The first-order valence-electron chi connectivity index (χ1n) is 19.5. The summed E-state index contributed by atoms with van der Waals surface area (Å²) in [6.07, 6.45) is 5.59. The van der Waals surface area contributed by atoms with E-state index in [2.05, 4.69) is 4.99 Å². The van der Waals surface area contributed by atoms with Gasteiger partial charge in [-0.2, -0.15) is 0 Å². The molecule has 4 heterocycles. The number of likely N-dealkylation sites (tertiary alicyclic amines) is 1. The van der Waals surface area contributed by atoms with E-state index in [9.17, 15) is 39.6 Å². The van der Waals surface area contributed by atoms with Gasteiger partial charge in [0.05, 0.1) is 47.8 Å². The van der Waals surface area contributed by atoms with Gasteiger partial charge in [-0.15, -0.1) is 0 Å². The molecule has 4 aliphatic heterocycles. The van der Waals surface area contributed by atoms with Crippen molar-refractivity contribution in [1.29, 1.82) is 0 Å². The molecule has 14 nitrogen and oxygen atoms in total. The summed E-state index contributed by atoms with van der Waals surface area (Å²) in [4.78, 5) is 60.8. The van der Waals surface area contributed by atoms with Crippen LogP contribution in [0.3, 0.4) is 0 Å². The second-order valence-electron chi connectivity index (χ2n) is 16.0. The number of amides is 1. The van der Waals surface area contributed by atoms with Gasteiger partial charge in [0.15, 0.2) is 0 Å². The minimum atomic E-state index is -1.98. The number of aliphatic hydroxyl groups excluding tert-OH is 3. The summed E-state index contributed by atoms with van der Waals surface area (Å²) in [5.74, 6) is -7.61. The summed E-state index contributed by atoms with van der Waals surface area (Å²) in [7, 11) is 1.45. The third-order valence-electron chi connectivity index (χ3n) is 11.9. The molecule has 1 aromatic rings. The monoisotopic (exact) mass is 792 g/mol. The average Bonchev–Trinajstić information content (AvgIpc) is 3.76. The molecule has 0 saturated carbocycles. The van der Waals surface area contributed by atoms with E-state index in [0.717, 1.165) is 0 Å². The van der Waals surface area contributed by atoms with Gasteiger partial charge in [0, 0.05) is 73.6 Å². The van der Waals surface area contributed by atoms with E-state index < -0.39 is 95.2 Å². The van der Waals surface area contributed by atoms with Crippen LogP contribution in [0.5, 0.6) is 11.5 Å². The smallest absolute Gasteiger partial charge is 0.312 e. The third-order valence-corrected chi connectivity index (χ3v) is 11.9. The molecule has 0 unspecified atom stereocenters. The van der Waals surface area contributed by atoms with Crippen LogP contribution < -0.4 is 4.74 Å². The zero-order valence-corrected chi connectivity index (χ0v) is 34.3. The largest absolute Gasteiger partial charge is 0.507 e. The molecule has 1 amide bonds. The van der Waals surface area contributed by atoms with E-state index in [0.29, 0.717) is 25.1 Å². The van der Waals surface area contributed by atoms with Crippen LogP contribution in [0.4, 0.5) is 0 Å². The minimum absolute atomic E-state index is 0.00567. The minimum Gasteiger partial charge on any atom is -0.507 e. The van der Waals surface area contributed by atoms with Crippen LogP contribution in [-0.4, -0.2) is 110 Å². The Morgan fingerprint density at radius 1 is 1.02 bits per heavy atom. The van der Waals surface area contributed by atoms with Crippen molar-refractivity contribution in [3.63, 3.8) is 0 Å². The van der Waals surface area contributed by atoms with Gasteiger partial charge in [-0.3, -0.25) is 19.2 Å². The molecule has 14 heteroatoms. The lowest BCUT2D eigenvalue weighted by Gasteiger charge is -2.38. The van der Waals surface area contributed by atoms with Crippen molar-refractivity contribution >= 4 is 34.9 Å². The van der Waals surface area contributed by atoms with E-state index in [1.165, 1.54) is 59.3 Å². The van der Waals surface area contributed by atoms with Crippen molar-refractivity contribution in [2.45, 2.75) is 118 Å². The lowest BCUT2D eigenvalue weighted by molar-refractivity contribution is -0.160. The second-order valence-corrected chi connectivity index (χ2v) is 16.0. The highest BCUT2D eigenvalue weighted by Crippen LogP contribution is 2.51. The molecule has 5 aliphatic rings. The molecule has 1 fully saturated rings. The third kappa shape index (κ3) is 8.23. The van der Waals surface area contributed by atoms with Crippen LogP contribution in [0.25, 0.3) is 5.70 Å². The molecule has 310 valence electrons. The number of phenolic OH excluding ortho intramolecular Hbond substituents is 1. The molecular formula is C43H56N2O12. The van der Waals surface area contributed by atoms with Gasteiger partial charge in [0.25, 0.3) is 11.7 Å². The summed E-state index contributed by atoms with van der Waals surface area (Å²) in [5, 5.41) is 45.3. The number of carbonyl (C=O) groups is 4. The number of benzene rings is 1. The number of aromatic hydroxyl groups is 1. The number of allylic oxidation sites excluding steroid dienone is 3. The fourth-order valence-electron chi connectivity index (χ4n) is 8.40. The highest BCUT2D eigenvalue weighted by atomic mass is 16.7. The van der Waals surface area contributed by atoms with E-state index in [-0.39, 0.29) is 39.3 Å². The van der Waals surface area contributed by atoms with E-state index >= 15 is 0 Å². The van der Waals surface area contributed by atoms with Crippen molar-refractivity contribution in [3.8, 4) is 11.5 Å². The van der Waals surface area contributed by atoms with Crippen molar-refractivity contribution in [2.75, 3.05) is 13.7 Å². The first kappa shape index (κ1) is 43.5. The zero-order valence-electron chi connectivity index (χ0n) is 34.3. The van der Waals surface area contributed by atoms with Crippen molar-refractivity contribution < 1.29 is 58.6 Å². The molecule has 0 spiro atoms. The quantitative estimate of drug-likeness (QED) is 0.309. The van der Waals surface area contributed by atoms with Crippen LogP contribution in [0, 0.1) is 30.6 Å². The number of ether oxygens (including phenoxy) is 4. The Labute approximate surface area is 333 Å². The summed E-state index contributed by atoms with van der Waals surface area (Å²) in [6, 6.07) is -0.414. The number of methoxy groups -OCH3 is 1. The predicted octanol–water partition coefficient (Wildman–Crippen LogP) is 4.60. The number of Topliss-reactive ketones (excluding diaryl/α,β-unsaturated/α-hetero) is 2. The summed E-state index contributed by atoms with van der Waals surface area (Å²) in [5.41, 5.74) is 0.171. The van der Waals surface area contributed by atoms with Gasteiger partial charge in [-0.25, -0.2) is 4.99 Å². The molecule has 6 rings (SSSR count). The lowest BCUT2D eigenvalue weighted by Crippen LogP contribution is -2.46. The molecule has 4 N–H and O–H groups in total. The number of carbonyl (C=O) groups excluding carboxylic acids is 4. The molecule has 5 bridgehead atoms. The average molecular weight is 793 g/mol. The molecule has 1 aromatic carbocycles. The fraction of sp³-hybridized carbons (Fsp3) is 0.558. The van der Waals surface area contributed by atoms with E-state index in [1.54, 1.807) is 46.8 Å². The topological polar surface area (TPSA) is 202 Å². The van der Waals surface area contributed by atoms with Crippen LogP contribution in [-0.2, 0) is 23.8 Å². The number of aliphatic imine (C=N–C) groups is 1. The standard InChI is InChI=1S/C43H56N2O12/c1-20-13-11-14-21(2)42(53)44-28-19-30(45-17-12-15-29(45)26(7)46)32-33(38(28)51)37(50)25(6)40-34(32)41(52)43(9,57-40)55-18-16-31(54-10)22(3)39(56-27(8)47)24(5)36(49)23(4)35(20)48/h11,13-14,16,18-20,22-24,26,29,31,35-36,39,46,48-50H,12,15,17H2,1-10H3/b13-11-,18-16-,21-14-,44-28?/t20-,22+,23+,24+,26-,29+,31-,35-,36+,39+,43-/m0/s1. The number of hydrogen-bond donors (Lipinski definition) is 4. The molecule has 0 aromatic heterocycles. The SMILES string of the molecule is CO[C@H]1/C=C\O[C@@]2(C)Oc3c(C)c(O)c4c(c3C2=O)C(N2CCC[C@@H]2[C@H](C)O)=CC(=NC(=O)/C(C)=C\C=C/[C@H](C)[C@H](O)[C@@H](C)[C@@H](O)[C@@H](C)[C@H](OC(C)=O)[C@@H]1C)C4=O. The highest BCUT2D eigenvalue weighted by molar-refractivity contribution is 6.54. The normalized spacial score (nSPS) is 35.0. The Morgan fingerprint density at radius 2 is 1.70 bits per heavy atom. The maximum Gasteiger partial charge on any atom is 0.312 e. The van der Waals surface area contributed by atoms with Crippen molar-refractivity contribution in [1.82, 2.24) is 4.90 Å². The Hall–Kier alpha value is -4.63. The molecule has 0 radical (unpaired) electrons. The summed E-state index contributed by atoms with van der Waals surface area (Å²) >= 11 is 0. The van der Waals surface area contributed by atoms with Gasteiger partial charge in [-0.1, -0.05) is 45.9 Å². The van der Waals surface area contributed by atoms with Crippen LogP contribution in [0.2, 0.25) is 0 Å². The molecule has 1 saturated heterocycles. The fourth-order valence-corrected chi connectivity index (χ4v) is 8.40. The first-order valence-corrected chi connectivity index (χ1v) is 19.5. The Morgan fingerprint density at radius 3 is 2.33 bits per heavy atom. The van der Waals surface area contributed by atoms with Crippen LogP contribution in [0.15, 0.2) is 47.2 Å². The van der Waals surface area contributed by atoms with E-state index in [4.69, 9.17) is 18.9 Å². The van der Waals surface area contributed by atoms with Crippen LogP contribution >= 0.6 is 0 Å². The summed E-state index contributed by atoms with van der Waals surface area (Å²) < 4.78 is 23.8. The van der Waals surface area contributed by atoms with Gasteiger partial charge in [0.1, 0.15) is 23.3 Å². The summed E-state index contributed by atoms with van der Waals surface area (Å²) in [6.45, 7) is 14.7. The molecule has 11 atom stereocenters. The number of nitrogens with zero attached hydrogens (tertiary/aromatic N) is 2. The van der Waals surface area contributed by atoms with E-state index in [1.807, 2.05) is 4.90 Å². The number of fused-ring (bicyclic) bond motifs is 13. The molecule has 57 heavy (non-hydrogen) atoms. The van der Waals surface area contributed by atoms with Gasteiger partial charge in [-0.05, 0) is 45.8 Å². The van der Waals surface area contributed by atoms with Gasteiger partial charge in [0.2, 0.25) is 5.78 Å². The maximum atomic E-state index is 14.6. The molecule has 1 aliphatic carbocycles. The first-order chi connectivity index (χ1) is 26.7. The zero-order chi connectivity index (χ0) is 42.3. The van der Waals surface area contributed by atoms with Crippen LogP contribution in [0.1, 0.15) is 100 Å². The lowest BCUT2D eigenvalue weighted by atomic mass is 9.78. The van der Waals surface area contributed by atoms with Gasteiger partial charge < -0.3 is 44.3 Å². The number of aliphatic hydroxyl groups is 3. The highest BCUT2D eigenvalue weighted by Gasteiger charge is 2.52. The molecular weight excluding hydrogens is 736 g/mol. The number of phenols is 1. The predicted molar refractivity (Wildman–Crippen MR) is 211 cm³/mol. The van der Waals surface area contributed by atoms with Crippen molar-refractivity contribution in [3.05, 3.63) is 64.5 Å².